The maximum absolute atomic E-state index is 12.8. The Balaban J connectivity index is 0.00000253. The summed E-state index contributed by atoms with van der Waals surface area (Å²) in [7, 11) is 0. The first-order chi connectivity index (χ1) is 16.7. The van der Waals surface area contributed by atoms with Crippen LogP contribution in [0.3, 0.4) is 0 Å². The summed E-state index contributed by atoms with van der Waals surface area (Å²) in [4.78, 5) is 14.4. The summed E-state index contributed by atoms with van der Waals surface area (Å²) in [6.45, 7) is 1.53. The normalized spacial score (nSPS) is 10.9. The van der Waals surface area contributed by atoms with Gasteiger partial charge >= 0.3 is 21.1 Å². The van der Waals surface area contributed by atoms with Crippen LogP contribution in [0.1, 0.15) is 6.92 Å². The molecular formula is C28H19N5OPt. The minimum Gasteiger partial charge on any atom is -0.330 e. The molecule has 0 fully saturated rings. The van der Waals surface area contributed by atoms with Crippen LogP contribution in [0.15, 0.2) is 97.3 Å². The van der Waals surface area contributed by atoms with Crippen molar-refractivity contribution < 1.29 is 25.9 Å². The molecule has 0 aliphatic rings. The van der Waals surface area contributed by atoms with Gasteiger partial charge in [0.2, 0.25) is 5.91 Å². The average molecular weight is 637 g/mol. The van der Waals surface area contributed by atoms with E-state index in [1.54, 1.807) is 14.3 Å². The first-order valence-corrected chi connectivity index (χ1v) is 10.9. The van der Waals surface area contributed by atoms with E-state index in [1.807, 2.05) is 97.3 Å². The molecule has 0 saturated carbocycles. The van der Waals surface area contributed by atoms with Crippen molar-refractivity contribution in [2.75, 3.05) is 4.90 Å². The smallest absolute Gasteiger partial charge is 0.330 e. The molecule has 0 unspecified atom stereocenters. The Kier molecular flexibility index (Phi) is 6.06. The molecule has 0 aliphatic carbocycles. The quantitative estimate of drug-likeness (QED) is 0.235. The maximum Gasteiger partial charge on any atom is 2.00 e. The SMILES string of the molecule is CC(=O)N(c1[c-]c(-n2cc3ccccc3n2)ccc1)c1[c-]c(-n2cc3ccccc3n2)ccc1.[Pt+2]. The predicted molar refractivity (Wildman–Crippen MR) is 133 cm³/mol. The summed E-state index contributed by atoms with van der Waals surface area (Å²) in [6.07, 6.45) is 3.91. The monoisotopic (exact) mass is 636 g/mol. The molecule has 7 heteroatoms. The summed E-state index contributed by atoms with van der Waals surface area (Å²) in [5, 5.41) is 11.4. The van der Waals surface area contributed by atoms with Crippen molar-refractivity contribution in [1.29, 1.82) is 0 Å². The van der Waals surface area contributed by atoms with E-state index in [4.69, 9.17) is 0 Å². The van der Waals surface area contributed by atoms with E-state index in [9.17, 15) is 4.79 Å². The standard InChI is InChI=1S/C28H19N5O.Pt/c1-20(34)33(25-12-6-10-23(16-25)31-18-21-8-2-4-14-27(21)29-31)26-13-7-11-24(17-26)32-19-22-9-3-5-15-28(22)30-32;/h2-15,18-19H,1H3;/q-2;+2. The Labute approximate surface area is 216 Å². The number of rotatable bonds is 4. The van der Waals surface area contributed by atoms with Crippen molar-refractivity contribution in [2.24, 2.45) is 0 Å². The number of carbonyl (C=O) groups is 1. The zero-order chi connectivity index (χ0) is 23.1. The van der Waals surface area contributed by atoms with Crippen LogP contribution in [0.2, 0.25) is 0 Å². The zero-order valence-electron chi connectivity index (χ0n) is 18.7. The summed E-state index contributed by atoms with van der Waals surface area (Å²) in [6, 6.07) is 33.9. The molecule has 0 bridgehead atoms. The Morgan fingerprint density at radius 2 is 1.14 bits per heavy atom. The molecule has 172 valence electrons. The van der Waals surface area contributed by atoms with Crippen molar-refractivity contribution in [3.8, 4) is 11.4 Å². The molecule has 6 nitrogen and oxygen atoms in total. The minimum atomic E-state index is -0.141. The summed E-state index contributed by atoms with van der Waals surface area (Å²) in [5.41, 5.74) is 4.52. The van der Waals surface area contributed by atoms with Crippen molar-refractivity contribution >= 4 is 39.1 Å². The molecule has 0 radical (unpaired) electrons. The van der Waals surface area contributed by atoms with Gasteiger partial charge in [0.25, 0.3) is 0 Å². The number of hydrogen-bond acceptors (Lipinski definition) is 3. The van der Waals surface area contributed by atoms with Gasteiger partial charge in [0.05, 0.1) is 11.0 Å². The van der Waals surface area contributed by atoms with Gasteiger partial charge in [0.15, 0.2) is 0 Å². The molecule has 2 aromatic heterocycles. The van der Waals surface area contributed by atoms with Gasteiger partial charge in [-0.1, -0.05) is 47.8 Å². The fraction of sp³-hybridized carbons (Fsp3) is 0.0357. The van der Waals surface area contributed by atoms with Gasteiger partial charge in [-0.05, 0) is 23.5 Å². The third-order valence-electron chi connectivity index (χ3n) is 5.65. The number of carbonyl (C=O) groups excluding carboxylic acids is 1. The Hall–Kier alpha value is -4.02. The van der Waals surface area contributed by atoms with Crippen LogP contribution in [-0.4, -0.2) is 25.5 Å². The van der Waals surface area contributed by atoms with Gasteiger partial charge in [0.1, 0.15) is 0 Å². The van der Waals surface area contributed by atoms with Crippen molar-refractivity contribution in [3.05, 3.63) is 109 Å². The zero-order valence-corrected chi connectivity index (χ0v) is 21.0. The number of benzene rings is 4. The molecule has 0 N–H and O–H groups in total. The van der Waals surface area contributed by atoms with Crippen molar-refractivity contribution in [1.82, 2.24) is 19.6 Å². The van der Waals surface area contributed by atoms with E-state index in [-0.39, 0.29) is 27.0 Å². The molecule has 6 aromatic rings. The van der Waals surface area contributed by atoms with Gasteiger partial charge in [-0.2, -0.15) is 22.3 Å². The summed E-state index contributed by atoms with van der Waals surface area (Å²) >= 11 is 0. The number of amides is 1. The average Bonchev–Trinajstić information content (AvgIpc) is 3.49. The second-order valence-electron chi connectivity index (χ2n) is 7.96. The summed E-state index contributed by atoms with van der Waals surface area (Å²) < 4.78 is 3.56. The fourth-order valence-electron chi connectivity index (χ4n) is 4.06. The first kappa shape index (κ1) is 22.8. The second-order valence-corrected chi connectivity index (χ2v) is 7.96. The van der Waals surface area contributed by atoms with Crippen LogP contribution in [0.5, 0.6) is 0 Å². The number of fused-ring (bicyclic) bond motifs is 2. The fourth-order valence-corrected chi connectivity index (χ4v) is 4.06. The van der Waals surface area contributed by atoms with Crippen LogP contribution in [0.4, 0.5) is 11.4 Å². The van der Waals surface area contributed by atoms with Crippen molar-refractivity contribution in [2.45, 2.75) is 6.92 Å². The minimum absolute atomic E-state index is 0. The predicted octanol–water partition coefficient (Wildman–Crippen LogP) is 5.65. The molecular weight excluding hydrogens is 617 g/mol. The molecule has 2 heterocycles. The van der Waals surface area contributed by atoms with E-state index in [2.05, 4.69) is 22.3 Å². The van der Waals surface area contributed by atoms with Gasteiger partial charge < -0.3 is 4.90 Å². The van der Waals surface area contributed by atoms with E-state index < -0.39 is 0 Å². The third kappa shape index (κ3) is 4.29. The second kappa shape index (κ2) is 9.32. The van der Waals surface area contributed by atoms with Crippen molar-refractivity contribution in [3.63, 3.8) is 0 Å². The van der Waals surface area contributed by atoms with Crippen LogP contribution in [-0.2, 0) is 25.9 Å². The third-order valence-corrected chi connectivity index (χ3v) is 5.65. The number of nitrogens with zero attached hydrogens (tertiary/aromatic N) is 5. The van der Waals surface area contributed by atoms with E-state index in [1.165, 1.54) is 6.92 Å². The Morgan fingerprint density at radius 1 is 0.686 bits per heavy atom. The largest absolute Gasteiger partial charge is 2.00 e. The topological polar surface area (TPSA) is 56.0 Å². The van der Waals surface area contributed by atoms with Crippen LogP contribution < -0.4 is 4.90 Å². The molecule has 0 aliphatic heterocycles. The van der Waals surface area contributed by atoms with Crippen LogP contribution in [0.25, 0.3) is 33.2 Å². The molecule has 0 saturated heterocycles. The molecule has 0 atom stereocenters. The van der Waals surface area contributed by atoms with E-state index in [0.29, 0.717) is 11.4 Å². The van der Waals surface area contributed by atoms with Gasteiger partial charge in [-0.3, -0.25) is 14.2 Å². The number of aromatic nitrogens is 4. The molecule has 35 heavy (non-hydrogen) atoms. The van der Waals surface area contributed by atoms with Crippen LogP contribution >= 0.6 is 0 Å². The molecule has 1 amide bonds. The molecule has 0 spiro atoms. The Bertz CT molecular complexity index is 1490. The maximum atomic E-state index is 12.8. The molecule has 4 aromatic carbocycles. The van der Waals surface area contributed by atoms with Gasteiger partial charge in [-0.25, -0.2) is 0 Å². The Morgan fingerprint density at radius 3 is 1.57 bits per heavy atom. The number of hydrogen-bond donors (Lipinski definition) is 0. The number of anilines is 2. The first-order valence-electron chi connectivity index (χ1n) is 10.9. The van der Waals surface area contributed by atoms with Gasteiger partial charge in [-0.15, -0.1) is 36.4 Å². The summed E-state index contributed by atoms with van der Waals surface area (Å²) in [5.74, 6) is -0.141. The van der Waals surface area contributed by atoms with Gasteiger partial charge in [0, 0.05) is 30.1 Å². The molecule has 6 rings (SSSR count). The van der Waals surface area contributed by atoms with Crippen LogP contribution in [0, 0.1) is 12.1 Å². The van der Waals surface area contributed by atoms with E-state index in [0.717, 1.165) is 33.2 Å². The van der Waals surface area contributed by atoms with E-state index >= 15 is 0 Å².